The van der Waals surface area contributed by atoms with Crippen LogP contribution in [0.2, 0.25) is 0 Å². The van der Waals surface area contributed by atoms with Gasteiger partial charge in [-0.3, -0.25) is 9.18 Å². The average molecular weight is 608 g/mol. The van der Waals surface area contributed by atoms with Gasteiger partial charge in [-0.2, -0.15) is 0 Å². The van der Waals surface area contributed by atoms with Gasteiger partial charge in [0.15, 0.2) is 11.6 Å². The molecule has 6 rings (SSSR count). The molecule has 1 aromatic carbocycles. The average Bonchev–Trinajstić information content (AvgIpc) is 3.54. The number of H-pyrrole nitrogens is 1. The van der Waals surface area contributed by atoms with Crippen molar-refractivity contribution in [2.24, 2.45) is 12.5 Å². The van der Waals surface area contributed by atoms with Crippen molar-refractivity contribution in [1.82, 2.24) is 24.4 Å². The number of alkyl halides is 1. The molecular formula is C31H32F3N7O3. The molecular weight excluding hydrogens is 575 g/mol. The fourth-order valence-corrected chi connectivity index (χ4v) is 6.76. The first-order valence-electron chi connectivity index (χ1n) is 14.1. The molecule has 10 nitrogen and oxygen atoms in total. The molecule has 2 atom stereocenters. The second-order valence-corrected chi connectivity index (χ2v) is 11.8. The summed E-state index contributed by atoms with van der Waals surface area (Å²) >= 11 is 0. The van der Waals surface area contributed by atoms with Crippen LogP contribution in [-0.4, -0.2) is 82.4 Å². The smallest absolute Gasteiger partial charge is 0.341 e. The zero-order valence-corrected chi connectivity index (χ0v) is 24.9. The number of nitrogens with zero attached hydrogens (tertiary/aromatic N) is 5. The molecule has 4 aromatic heterocycles. The molecule has 0 bridgehead atoms. The zero-order valence-electron chi connectivity index (χ0n) is 24.9. The van der Waals surface area contributed by atoms with Gasteiger partial charge in [0.05, 0.1) is 39.7 Å². The Balaban J connectivity index is 1.71. The number of benzene rings is 1. The summed E-state index contributed by atoms with van der Waals surface area (Å²) in [7, 11) is 6.96. The first kappa shape index (κ1) is 29.4. The highest BCUT2D eigenvalue weighted by Crippen LogP contribution is 2.48. The largest absolute Gasteiger partial charge is 0.477 e. The number of halogens is 3. The summed E-state index contributed by atoms with van der Waals surface area (Å²) < 4.78 is 47.1. The van der Waals surface area contributed by atoms with Gasteiger partial charge in [0.25, 0.3) is 0 Å². The Kier molecular flexibility index (Phi) is 7.03. The predicted octanol–water partition coefficient (Wildman–Crippen LogP) is 4.76. The second-order valence-electron chi connectivity index (χ2n) is 11.8. The minimum Gasteiger partial charge on any atom is -0.477 e. The second kappa shape index (κ2) is 10.5. The molecule has 230 valence electrons. The third-order valence-corrected chi connectivity index (χ3v) is 8.98. The number of aromatic amines is 1. The highest BCUT2D eigenvalue weighted by Gasteiger charge is 2.46. The van der Waals surface area contributed by atoms with E-state index in [1.165, 1.54) is 23.0 Å². The monoisotopic (exact) mass is 607 g/mol. The van der Waals surface area contributed by atoms with Crippen LogP contribution < -0.4 is 15.6 Å². The van der Waals surface area contributed by atoms with E-state index in [0.29, 0.717) is 58.6 Å². The van der Waals surface area contributed by atoms with E-state index >= 15 is 4.39 Å². The van der Waals surface area contributed by atoms with Gasteiger partial charge in [0.2, 0.25) is 5.43 Å². The third-order valence-electron chi connectivity index (χ3n) is 8.98. The van der Waals surface area contributed by atoms with E-state index in [9.17, 15) is 23.5 Å². The fraction of sp³-hybridized carbons (Fsp3) is 0.355. The number of fused-ring (bicyclic) bond motifs is 4. The quantitative estimate of drug-likeness (QED) is 0.242. The Morgan fingerprint density at radius 1 is 1.23 bits per heavy atom. The Bertz CT molecular complexity index is 2040. The predicted molar refractivity (Wildman–Crippen MR) is 164 cm³/mol. The van der Waals surface area contributed by atoms with Crippen molar-refractivity contribution in [2.45, 2.75) is 19.4 Å². The molecule has 3 N–H and O–H groups in total. The number of carbonyl (C=O) groups is 1. The van der Waals surface area contributed by atoms with Crippen molar-refractivity contribution in [3.8, 4) is 11.1 Å². The lowest BCUT2D eigenvalue weighted by Crippen LogP contribution is -2.45. The molecule has 0 aliphatic carbocycles. The summed E-state index contributed by atoms with van der Waals surface area (Å²) in [4.78, 5) is 41.1. The fourth-order valence-electron chi connectivity index (χ4n) is 6.76. The van der Waals surface area contributed by atoms with Gasteiger partial charge in [0.1, 0.15) is 16.9 Å². The van der Waals surface area contributed by atoms with Crippen LogP contribution in [0.4, 0.5) is 24.5 Å². The van der Waals surface area contributed by atoms with Gasteiger partial charge in [-0.1, -0.05) is 0 Å². The van der Waals surface area contributed by atoms with E-state index < -0.39 is 40.7 Å². The molecule has 5 aromatic rings. The Morgan fingerprint density at radius 2 is 1.98 bits per heavy atom. The molecule has 44 heavy (non-hydrogen) atoms. The van der Waals surface area contributed by atoms with Crippen molar-refractivity contribution in [3.05, 3.63) is 58.1 Å². The number of carboxylic acids is 1. The van der Waals surface area contributed by atoms with Crippen molar-refractivity contribution in [2.75, 3.05) is 51.1 Å². The van der Waals surface area contributed by atoms with Crippen LogP contribution in [0.1, 0.15) is 23.7 Å². The maximum atomic E-state index is 15.7. The molecule has 0 amide bonds. The number of aromatic carboxylic acids is 1. The molecule has 5 heterocycles. The number of aromatic nitrogens is 4. The molecule has 0 radical (unpaired) electrons. The maximum Gasteiger partial charge on any atom is 0.341 e. The van der Waals surface area contributed by atoms with Gasteiger partial charge in [0, 0.05) is 74.4 Å². The molecule has 2 unspecified atom stereocenters. The van der Waals surface area contributed by atoms with E-state index in [2.05, 4.69) is 20.3 Å². The van der Waals surface area contributed by atoms with Crippen LogP contribution in [0.3, 0.4) is 0 Å². The number of rotatable bonds is 7. The van der Waals surface area contributed by atoms with Gasteiger partial charge in [-0.25, -0.2) is 23.5 Å². The summed E-state index contributed by atoms with van der Waals surface area (Å²) in [5.41, 5.74) is 0.735. The highest BCUT2D eigenvalue weighted by molar-refractivity contribution is 6.18. The SMILES string of the molecule is CNc1cc(F)c(F)c2c1[nH]c1ncc(-c3cnc4c(c3)c(=O)c(C(=O)O)cn4C)c(N3CCC(CF)(CN(C)C)C3C)c12. The number of aryl methyl sites for hydroxylation is 1. The first-order valence-corrected chi connectivity index (χ1v) is 14.1. The molecule has 0 spiro atoms. The summed E-state index contributed by atoms with van der Waals surface area (Å²) in [5, 5.41) is 12.9. The van der Waals surface area contributed by atoms with Crippen molar-refractivity contribution < 1.29 is 23.1 Å². The number of hydrogen-bond donors (Lipinski definition) is 3. The van der Waals surface area contributed by atoms with E-state index in [1.807, 2.05) is 30.8 Å². The summed E-state index contributed by atoms with van der Waals surface area (Å²) in [6.07, 6.45) is 4.81. The number of anilines is 2. The van der Waals surface area contributed by atoms with Gasteiger partial charge >= 0.3 is 5.97 Å². The molecule has 1 saturated heterocycles. The van der Waals surface area contributed by atoms with Gasteiger partial charge < -0.3 is 29.8 Å². The standard InChI is InChI=1S/C31H32F3N7O3/c1-15-31(13-32,14-39(3)4)6-7-41(15)26-18(16-8-17-27(42)19(30(43)44)12-40(5)29(17)37-10-16)11-36-28-23(26)22-24(34)20(33)9-21(35-2)25(22)38-28/h8-12,15,35H,6-7,13-14H2,1-5H3,(H,36,38)(H,43,44). The highest BCUT2D eigenvalue weighted by atomic mass is 19.2. The molecule has 1 aliphatic rings. The summed E-state index contributed by atoms with van der Waals surface area (Å²) in [6, 6.07) is 2.24. The maximum absolute atomic E-state index is 15.7. The number of nitrogens with one attached hydrogen (secondary N) is 2. The molecule has 0 saturated carbocycles. The van der Waals surface area contributed by atoms with Crippen molar-refractivity contribution in [3.63, 3.8) is 0 Å². The Labute approximate surface area is 250 Å². The minimum absolute atomic E-state index is 0.0101. The number of carboxylic acid groups (broad SMARTS) is 1. The number of hydrogen-bond acceptors (Lipinski definition) is 7. The first-order chi connectivity index (χ1) is 20.9. The van der Waals surface area contributed by atoms with Gasteiger partial charge in [-0.05, 0) is 33.5 Å². The zero-order chi connectivity index (χ0) is 31.7. The number of pyridine rings is 3. The third kappa shape index (κ3) is 4.28. The van der Waals surface area contributed by atoms with Crippen LogP contribution in [0, 0.1) is 17.0 Å². The normalized spacial score (nSPS) is 18.8. The van der Waals surface area contributed by atoms with E-state index in [0.717, 1.165) is 6.07 Å². The summed E-state index contributed by atoms with van der Waals surface area (Å²) in [5.74, 6) is -3.47. The van der Waals surface area contributed by atoms with Gasteiger partial charge in [-0.15, -0.1) is 0 Å². The lowest BCUT2D eigenvalue weighted by Gasteiger charge is -2.37. The van der Waals surface area contributed by atoms with E-state index in [-0.39, 0.29) is 22.5 Å². The van der Waals surface area contributed by atoms with Crippen molar-refractivity contribution in [1.29, 1.82) is 0 Å². The topological polar surface area (TPSA) is 119 Å². The van der Waals surface area contributed by atoms with Crippen LogP contribution in [0.5, 0.6) is 0 Å². The van der Waals surface area contributed by atoms with Crippen LogP contribution >= 0.6 is 0 Å². The lowest BCUT2D eigenvalue weighted by molar-refractivity contribution is 0.0695. The summed E-state index contributed by atoms with van der Waals surface area (Å²) in [6.45, 7) is 2.22. The Hall–Kier alpha value is -4.65. The minimum atomic E-state index is -1.37. The van der Waals surface area contributed by atoms with Crippen molar-refractivity contribution >= 4 is 50.3 Å². The van der Waals surface area contributed by atoms with Crippen LogP contribution in [0.25, 0.3) is 44.1 Å². The molecule has 1 fully saturated rings. The van der Waals surface area contributed by atoms with Crippen LogP contribution in [0.15, 0.2) is 35.5 Å². The lowest BCUT2D eigenvalue weighted by atomic mass is 9.81. The molecule has 1 aliphatic heterocycles. The Morgan fingerprint density at radius 3 is 2.64 bits per heavy atom. The molecule has 13 heteroatoms. The van der Waals surface area contributed by atoms with Crippen LogP contribution in [-0.2, 0) is 7.05 Å². The van der Waals surface area contributed by atoms with E-state index in [1.54, 1.807) is 20.3 Å². The van der Waals surface area contributed by atoms with E-state index in [4.69, 9.17) is 0 Å².